The topological polar surface area (TPSA) is 44.8 Å². The van der Waals surface area contributed by atoms with Crippen molar-refractivity contribution < 1.29 is 19.0 Å². The minimum absolute atomic E-state index is 0.0521. The number of methoxy groups -OCH3 is 2. The van der Waals surface area contributed by atoms with E-state index in [-0.39, 0.29) is 11.9 Å². The van der Waals surface area contributed by atoms with E-state index < -0.39 is 11.9 Å². The molecular weight excluding hydrogens is 172 g/mol. The van der Waals surface area contributed by atoms with E-state index in [2.05, 4.69) is 0 Å². The second-order valence-corrected chi connectivity index (χ2v) is 3.18. The Labute approximate surface area is 76.5 Å². The molecule has 0 aromatic heterocycles. The number of hydrogen-bond donors (Lipinski definition) is 0. The van der Waals surface area contributed by atoms with Crippen LogP contribution < -0.4 is 0 Å². The summed E-state index contributed by atoms with van der Waals surface area (Å²) in [4.78, 5) is 11.7. The SMILES string of the molecule is COC1(OC)C(=O)C[C@@H]2C=C[C@H]1O2. The predicted molar refractivity (Wildman–Crippen MR) is 44.2 cm³/mol. The fraction of sp³-hybridized carbons (Fsp3) is 0.667. The van der Waals surface area contributed by atoms with Gasteiger partial charge >= 0.3 is 0 Å². The Kier molecular flexibility index (Phi) is 1.98. The molecule has 0 unspecified atom stereocenters. The predicted octanol–water partition coefficient (Wildman–Crippen LogP) is 0.272. The Morgan fingerprint density at radius 3 is 2.77 bits per heavy atom. The van der Waals surface area contributed by atoms with Crippen LogP contribution in [0.5, 0.6) is 0 Å². The summed E-state index contributed by atoms with van der Waals surface area (Å²) in [7, 11) is 2.91. The number of carbonyl (C=O) groups is 1. The minimum atomic E-state index is -1.22. The first kappa shape index (κ1) is 8.87. The van der Waals surface area contributed by atoms with Crippen molar-refractivity contribution in [3.8, 4) is 0 Å². The average Bonchev–Trinajstić information content (AvgIpc) is 2.53. The molecule has 2 atom stereocenters. The summed E-state index contributed by atoms with van der Waals surface area (Å²) < 4.78 is 15.7. The first-order valence-corrected chi connectivity index (χ1v) is 4.20. The molecule has 2 bridgehead atoms. The van der Waals surface area contributed by atoms with Gasteiger partial charge in [-0.05, 0) is 0 Å². The van der Waals surface area contributed by atoms with Crippen LogP contribution in [0.1, 0.15) is 6.42 Å². The highest BCUT2D eigenvalue weighted by atomic mass is 16.7. The van der Waals surface area contributed by atoms with E-state index in [1.165, 1.54) is 14.2 Å². The highest BCUT2D eigenvalue weighted by Gasteiger charge is 2.53. The highest BCUT2D eigenvalue weighted by Crippen LogP contribution is 2.34. The number of ether oxygens (including phenoxy) is 3. The van der Waals surface area contributed by atoms with Crippen LogP contribution in [0.25, 0.3) is 0 Å². The summed E-state index contributed by atoms with van der Waals surface area (Å²) >= 11 is 0. The molecule has 0 aromatic rings. The molecule has 1 saturated heterocycles. The van der Waals surface area contributed by atoms with Crippen LogP contribution in [0.3, 0.4) is 0 Å². The van der Waals surface area contributed by atoms with Crippen LogP contribution in [-0.2, 0) is 19.0 Å². The van der Waals surface area contributed by atoms with Gasteiger partial charge in [-0.1, -0.05) is 12.2 Å². The zero-order valence-electron chi connectivity index (χ0n) is 7.65. The van der Waals surface area contributed by atoms with E-state index in [4.69, 9.17) is 14.2 Å². The normalized spacial score (nSPS) is 35.4. The number of Topliss-reactive ketones (excluding diaryl/α,β-unsaturated/α-hetero) is 1. The molecule has 0 radical (unpaired) electrons. The van der Waals surface area contributed by atoms with Crippen molar-refractivity contribution in [2.45, 2.75) is 24.4 Å². The van der Waals surface area contributed by atoms with Crippen LogP contribution in [0.2, 0.25) is 0 Å². The van der Waals surface area contributed by atoms with Crippen molar-refractivity contribution in [3.63, 3.8) is 0 Å². The second kappa shape index (κ2) is 2.90. The lowest BCUT2D eigenvalue weighted by molar-refractivity contribution is -0.258. The Hall–Kier alpha value is -0.710. The second-order valence-electron chi connectivity index (χ2n) is 3.18. The molecule has 13 heavy (non-hydrogen) atoms. The summed E-state index contributed by atoms with van der Waals surface area (Å²) in [5.74, 6) is -1.27. The van der Waals surface area contributed by atoms with Crippen molar-refractivity contribution >= 4 is 5.78 Å². The van der Waals surface area contributed by atoms with Gasteiger partial charge in [-0.25, -0.2) is 0 Å². The van der Waals surface area contributed by atoms with E-state index in [1.54, 1.807) is 0 Å². The van der Waals surface area contributed by atoms with Gasteiger partial charge in [0.25, 0.3) is 5.79 Å². The van der Waals surface area contributed by atoms with Gasteiger partial charge in [-0.3, -0.25) is 4.79 Å². The lowest BCUT2D eigenvalue weighted by atomic mass is 10.00. The van der Waals surface area contributed by atoms with Crippen molar-refractivity contribution in [1.82, 2.24) is 0 Å². The van der Waals surface area contributed by atoms with Crippen LogP contribution in [0, 0.1) is 0 Å². The average molecular weight is 184 g/mol. The number of fused-ring (bicyclic) bond motifs is 2. The zero-order chi connectivity index (χ0) is 9.47. The molecule has 0 saturated carbocycles. The third-order valence-corrected chi connectivity index (χ3v) is 2.58. The van der Waals surface area contributed by atoms with Gasteiger partial charge in [0.15, 0.2) is 5.78 Å². The molecule has 1 fully saturated rings. The third-order valence-electron chi connectivity index (χ3n) is 2.58. The molecule has 2 aliphatic heterocycles. The first-order valence-electron chi connectivity index (χ1n) is 4.20. The van der Waals surface area contributed by atoms with E-state index >= 15 is 0 Å². The Morgan fingerprint density at radius 1 is 1.46 bits per heavy atom. The summed E-state index contributed by atoms with van der Waals surface area (Å²) in [6, 6.07) is 0. The molecule has 0 spiro atoms. The van der Waals surface area contributed by atoms with Crippen LogP contribution in [0.15, 0.2) is 12.2 Å². The van der Waals surface area contributed by atoms with Gasteiger partial charge in [0.1, 0.15) is 6.10 Å². The lowest BCUT2D eigenvalue weighted by Gasteiger charge is -2.37. The standard InChI is InChI=1S/C9H12O4/c1-11-9(12-2)7(10)5-6-3-4-8(9)13-6/h3-4,6,8H,5H2,1-2H3/t6-,8+/m0/s1. The quantitative estimate of drug-likeness (QED) is 0.456. The van der Waals surface area contributed by atoms with Gasteiger partial charge in [-0.2, -0.15) is 0 Å². The van der Waals surface area contributed by atoms with Gasteiger partial charge in [0.2, 0.25) is 0 Å². The Bertz CT molecular complexity index is 254. The maximum Gasteiger partial charge on any atom is 0.259 e. The van der Waals surface area contributed by atoms with Crippen molar-refractivity contribution in [3.05, 3.63) is 12.2 Å². The molecule has 0 aromatic carbocycles. The third kappa shape index (κ3) is 1.06. The fourth-order valence-electron chi connectivity index (χ4n) is 1.86. The van der Waals surface area contributed by atoms with E-state index in [0.29, 0.717) is 6.42 Å². The molecule has 0 amide bonds. The van der Waals surface area contributed by atoms with Crippen molar-refractivity contribution in [2.75, 3.05) is 14.2 Å². The van der Waals surface area contributed by atoms with Gasteiger partial charge in [-0.15, -0.1) is 0 Å². The van der Waals surface area contributed by atoms with Gasteiger partial charge in [0.05, 0.1) is 6.10 Å². The van der Waals surface area contributed by atoms with E-state index in [0.717, 1.165) is 0 Å². The number of carbonyl (C=O) groups excluding carboxylic acids is 1. The zero-order valence-corrected chi connectivity index (χ0v) is 7.65. The van der Waals surface area contributed by atoms with E-state index in [9.17, 15) is 4.79 Å². The summed E-state index contributed by atoms with van der Waals surface area (Å²) in [5, 5.41) is 0. The Morgan fingerprint density at radius 2 is 2.15 bits per heavy atom. The van der Waals surface area contributed by atoms with Gasteiger partial charge < -0.3 is 14.2 Å². The molecule has 2 aliphatic rings. The monoisotopic (exact) mass is 184 g/mol. The maximum atomic E-state index is 11.7. The maximum absolute atomic E-state index is 11.7. The Balaban J connectivity index is 2.33. The number of ketones is 1. The molecule has 4 heteroatoms. The molecule has 2 heterocycles. The molecular formula is C9H12O4. The summed E-state index contributed by atoms with van der Waals surface area (Å²) in [6.07, 6.45) is 3.55. The van der Waals surface area contributed by atoms with Crippen molar-refractivity contribution in [2.24, 2.45) is 0 Å². The van der Waals surface area contributed by atoms with Crippen LogP contribution >= 0.6 is 0 Å². The van der Waals surface area contributed by atoms with Crippen molar-refractivity contribution in [1.29, 1.82) is 0 Å². The first-order chi connectivity index (χ1) is 6.23. The van der Waals surface area contributed by atoms with Crippen LogP contribution in [-0.4, -0.2) is 38.0 Å². The van der Waals surface area contributed by atoms with Crippen LogP contribution in [0.4, 0.5) is 0 Å². The number of rotatable bonds is 2. The highest BCUT2D eigenvalue weighted by molar-refractivity contribution is 5.89. The largest absolute Gasteiger partial charge is 0.360 e. The number of hydrogen-bond acceptors (Lipinski definition) is 4. The van der Waals surface area contributed by atoms with E-state index in [1.807, 2.05) is 12.2 Å². The van der Waals surface area contributed by atoms with Gasteiger partial charge in [0, 0.05) is 20.6 Å². The molecule has 4 nitrogen and oxygen atoms in total. The molecule has 0 N–H and O–H groups in total. The smallest absolute Gasteiger partial charge is 0.259 e. The molecule has 0 aliphatic carbocycles. The lowest BCUT2D eigenvalue weighted by Crippen LogP contribution is -2.56. The minimum Gasteiger partial charge on any atom is -0.360 e. The molecule has 72 valence electrons. The fourth-order valence-corrected chi connectivity index (χ4v) is 1.86. The molecule has 2 rings (SSSR count). The summed E-state index contributed by atoms with van der Waals surface area (Å²) in [5.41, 5.74) is 0. The summed E-state index contributed by atoms with van der Waals surface area (Å²) in [6.45, 7) is 0.